The molecule has 13 heavy (non-hydrogen) atoms. The van der Waals surface area contributed by atoms with Crippen molar-refractivity contribution in [3.05, 3.63) is 23.8 Å². The van der Waals surface area contributed by atoms with Gasteiger partial charge < -0.3 is 16.4 Å². The molecule has 1 amide bonds. The molecular formula is C9H13N3O. The molecule has 0 aliphatic heterocycles. The summed E-state index contributed by atoms with van der Waals surface area (Å²) in [7, 11) is 3.61. The van der Waals surface area contributed by atoms with Crippen LogP contribution in [0.15, 0.2) is 18.2 Å². The number of rotatable bonds is 3. The van der Waals surface area contributed by atoms with E-state index in [0.29, 0.717) is 5.56 Å². The third-order valence-electron chi connectivity index (χ3n) is 1.84. The molecule has 0 heterocycles. The van der Waals surface area contributed by atoms with Crippen molar-refractivity contribution in [1.29, 1.82) is 0 Å². The summed E-state index contributed by atoms with van der Waals surface area (Å²) in [4.78, 5) is 10.8. The van der Waals surface area contributed by atoms with E-state index < -0.39 is 5.91 Å². The average Bonchev–Trinajstić information content (AvgIpc) is 2.16. The van der Waals surface area contributed by atoms with Gasteiger partial charge in [0.2, 0.25) is 5.91 Å². The Hall–Kier alpha value is -1.71. The highest BCUT2D eigenvalue weighted by Crippen LogP contribution is 2.21. The average molecular weight is 179 g/mol. The van der Waals surface area contributed by atoms with Crippen LogP contribution in [0.1, 0.15) is 10.4 Å². The van der Waals surface area contributed by atoms with Crippen LogP contribution in [0.2, 0.25) is 0 Å². The van der Waals surface area contributed by atoms with Crippen molar-refractivity contribution in [3.8, 4) is 0 Å². The van der Waals surface area contributed by atoms with Gasteiger partial charge in [-0.25, -0.2) is 0 Å². The van der Waals surface area contributed by atoms with Crippen molar-refractivity contribution >= 4 is 17.3 Å². The first-order valence-corrected chi connectivity index (χ1v) is 3.98. The summed E-state index contributed by atoms with van der Waals surface area (Å²) in [6.45, 7) is 0. The Morgan fingerprint density at radius 2 is 1.85 bits per heavy atom. The van der Waals surface area contributed by atoms with Gasteiger partial charge in [-0.15, -0.1) is 0 Å². The number of carbonyl (C=O) groups excluding carboxylic acids is 1. The molecule has 70 valence electrons. The van der Waals surface area contributed by atoms with E-state index in [1.165, 1.54) is 0 Å². The van der Waals surface area contributed by atoms with Gasteiger partial charge in [0, 0.05) is 19.7 Å². The highest BCUT2D eigenvalue weighted by Gasteiger charge is 2.04. The second kappa shape index (κ2) is 3.80. The third kappa shape index (κ3) is 1.90. The monoisotopic (exact) mass is 179 g/mol. The van der Waals surface area contributed by atoms with Gasteiger partial charge in [0.25, 0.3) is 0 Å². The van der Waals surface area contributed by atoms with Crippen LogP contribution < -0.4 is 16.4 Å². The highest BCUT2D eigenvalue weighted by molar-refractivity contribution is 5.95. The van der Waals surface area contributed by atoms with E-state index in [9.17, 15) is 4.79 Å². The normalized spacial score (nSPS) is 9.38. The Morgan fingerprint density at radius 3 is 2.31 bits per heavy atom. The molecule has 0 saturated heterocycles. The number of amides is 1. The molecule has 1 rings (SSSR count). The highest BCUT2D eigenvalue weighted by atomic mass is 16.1. The van der Waals surface area contributed by atoms with Crippen LogP contribution >= 0.6 is 0 Å². The Kier molecular flexibility index (Phi) is 2.74. The molecule has 0 aromatic heterocycles. The lowest BCUT2D eigenvalue weighted by atomic mass is 10.1. The fourth-order valence-corrected chi connectivity index (χ4v) is 1.12. The Bertz CT molecular complexity index is 323. The van der Waals surface area contributed by atoms with E-state index in [1.54, 1.807) is 19.2 Å². The molecule has 4 heteroatoms. The van der Waals surface area contributed by atoms with Crippen molar-refractivity contribution in [1.82, 2.24) is 0 Å². The van der Waals surface area contributed by atoms with Gasteiger partial charge in [0.05, 0.1) is 11.4 Å². The van der Waals surface area contributed by atoms with Crippen molar-refractivity contribution in [2.24, 2.45) is 5.73 Å². The topological polar surface area (TPSA) is 67.1 Å². The van der Waals surface area contributed by atoms with Gasteiger partial charge in [-0.3, -0.25) is 4.79 Å². The third-order valence-corrected chi connectivity index (χ3v) is 1.84. The first-order valence-electron chi connectivity index (χ1n) is 3.98. The Balaban J connectivity index is 3.13. The van der Waals surface area contributed by atoms with E-state index in [0.717, 1.165) is 11.4 Å². The van der Waals surface area contributed by atoms with E-state index in [4.69, 9.17) is 5.73 Å². The predicted octanol–water partition coefficient (Wildman–Crippen LogP) is 0.869. The van der Waals surface area contributed by atoms with Crippen molar-refractivity contribution < 1.29 is 4.79 Å². The quantitative estimate of drug-likeness (QED) is 0.645. The molecule has 0 aliphatic rings. The van der Waals surface area contributed by atoms with Crippen LogP contribution in [0.5, 0.6) is 0 Å². The summed E-state index contributed by atoms with van der Waals surface area (Å²) >= 11 is 0. The zero-order chi connectivity index (χ0) is 9.84. The maximum absolute atomic E-state index is 10.8. The van der Waals surface area contributed by atoms with Crippen LogP contribution in [-0.2, 0) is 0 Å². The summed E-state index contributed by atoms with van der Waals surface area (Å²) in [6.07, 6.45) is 0. The number of hydrogen-bond donors (Lipinski definition) is 3. The molecule has 0 radical (unpaired) electrons. The van der Waals surface area contributed by atoms with E-state index in [2.05, 4.69) is 10.6 Å². The summed E-state index contributed by atoms with van der Waals surface area (Å²) in [5.41, 5.74) is 7.44. The van der Waals surface area contributed by atoms with E-state index >= 15 is 0 Å². The van der Waals surface area contributed by atoms with Gasteiger partial charge in [-0.2, -0.15) is 0 Å². The summed E-state index contributed by atoms with van der Waals surface area (Å²) in [5, 5.41) is 5.97. The molecule has 0 saturated carbocycles. The van der Waals surface area contributed by atoms with E-state index in [-0.39, 0.29) is 0 Å². The largest absolute Gasteiger partial charge is 0.386 e. The van der Waals surface area contributed by atoms with Crippen LogP contribution in [0.25, 0.3) is 0 Å². The molecule has 0 spiro atoms. The smallest absolute Gasteiger partial charge is 0.248 e. The zero-order valence-corrected chi connectivity index (χ0v) is 7.72. The molecule has 1 aromatic carbocycles. The minimum Gasteiger partial charge on any atom is -0.386 e. The molecule has 1 aromatic rings. The first kappa shape index (κ1) is 9.38. The Labute approximate surface area is 77.1 Å². The molecular weight excluding hydrogens is 166 g/mol. The number of hydrogen-bond acceptors (Lipinski definition) is 3. The van der Waals surface area contributed by atoms with Crippen LogP contribution in [0, 0.1) is 0 Å². The molecule has 0 unspecified atom stereocenters. The number of nitrogens with one attached hydrogen (secondary N) is 2. The van der Waals surface area contributed by atoms with Gasteiger partial charge in [0.1, 0.15) is 0 Å². The maximum Gasteiger partial charge on any atom is 0.248 e. The fraction of sp³-hybridized carbons (Fsp3) is 0.222. The van der Waals surface area contributed by atoms with Crippen LogP contribution in [-0.4, -0.2) is 20.0 Å². The zero-order valence-electron chi connectivity index (χ0n) is 7.72. The van der Waals surface area contributed by atoms with Gasteiger partial charge in [-0.05, 0) is 18.2 Å². The lowest BCUT2D eigenvalue weighted by Gasteiger charge is -2.09. The number of primary amides is 1. The standard InChI is InChI=1S/C9H13N3O/c1-11-7-4-3-6(9(10)13)5-8(7)12-2/h3-5,11-12H,1-2H3,(H2,10,13). The maximum atomic E-state index is 10.8. The van der Waals surface area contributed by atoms with Crippen molar-refractivity contribution in [2.45, 2.75) is 0 Å². The minimum atomic E-state index is -0.417. The molecule has 0 atom stereocenters. The van der Waals surface area contributed by atoms with Gasteiger partial charge in [0.15, 0.2) is 0 Å². The Morgan fingerprint density at radius 1 is 1.23 bits per heavy atom. The van der Waals surface area contributed by atoms with Crippen molar-refractivity contribution in [3.63, 3.8) is 0 Å². The number of carbonyl (C=O) groups is 1. The molecule has 0 fully saturated rings. The minimum absolute atomic E-state index is 0.417. The van der Waals surface area contributed by atoms with E-state index in [1.807, 2.05) is 13.1 Å². The molecule has 0 bridgehead atoms. The molecule has 4 nitrogen and oxygen atoms in total. The van der Waals surface area contributed by atoms with Gasteiger partial charge in [-0.1, -0.05) is 0 Å². The predicted molar refractivity (Wildman–Crippen MR) is 54.1 cm³/mol. The van der Waals surface area contributed by atoms with Crippen LogP contribution in [0.4, 0.5) is 11.4 Å². The number of benzene rings is 1. The number of nitrogens with two attached hydrogens (primary N) is 1. The lowest BCUT2D eigenvalue weighted by molar-refractivity contribution is 0.100. The lowest BCUT2D eigenvalue weighted by Crippen LogP contribution is -2.11. The fourth-order valence-electron chi connectivity index (χ4n) is 1.12. The second-order valence-electron chi connectivity index (χ2n) is 2.62. The summed E-state index contributed by atoms with van der Waals surface area (Å²) in [5.74, 6) is -0.417. The summed E-state index contributed by atoms with van der Waals surface area (Å²) < 4.78 is 0. The van der Waals surface area contributed by atoms with Crippen LogP contribution in [0.3, 0.4) is 0 Å². The molecule has 0 aliphatic carbocycles. The second-order valence-corrected chi connectivity index (χ2v) is 2.62. The van der Waals surface area contributed by atoms with Crippen molar-refractivity contribution in [2.75, 3.05) is 24.7 Å². The first-order chi connectivity index (χ1) is 6.19. The van der Waals surface area contributed by atoms with Gasteiger partial charge >= 0.3 is 0 Å². The number of anilines is 2. The SMILES string of the molecule is CNc1ccc(C(N)=O)cc1NC. The molecule has 4 N–H and O–H groups in total. The summed E-state index contributed by atoms with van der Waals surface area (Å²) in [6, 6.07) is 5.22.